The SMILES string of the molecule is C=C(C)CN=C(NCCc1ccco1)N1CCC(N2CC=CC2)C1. The molecule has 5 heteroatoms. The number of rotatable bonds is 6. The molecule has 3 rings (SSSR count). The summed E-state index contributed by atoms with van der Waals surface area (Å²) in [6, 6.07) is 4.57. The van der Waals surface area contributed by atoms with Crippen LogP contribution in [0.2, 0.25) is 0 Å². The zero-order chi connectivity index (χ0) is 16.8. The number of aliphatic imine (C=N–C) groups is 1. The molecule has 0 spiro atoms. The molecular formula is C19H28N4O. The van der Waals surface area contributed by atoms with Gasteiger partial charge < -0.3 is 14.6 Å². The summed E-state index contributed by atoms with van der Waals surface area (Å²) in [6.07, 6.45) is 8.32. The largest absolute Gasteiger partial charge is 0.469 e. The Bertz CT molecular complexity index is 583. The van der Waals surface area contributed by atoms with E-state index in [0.717, 1.165) is 56.4 Å². The Morgan fingerprint density at radius 3 is 2.96 bits per heavy atom. The fourth-order valence-electron chi connectivity index (χ4n) is 3.25. The normalized spacial score (nSPS) is 21.6. The van der Waals surface area contributed by atoms with Gasteiger partial charge in [-0.2, -0.15) is 0 Å². The maximum atomic E-state index is 5.40. The summed E-state index contributed by atoms with van der Waals surface area (Å²) in [5.41, 5.74) is 1.08. The smallest absolute Gasteiger partial charge is 0.194 e. The first-order chi connectivity index (χ1) is 11.7. The van der Waals surface area contributed by atoms with Crippen LogP contribution in [0.25, 0.3) is 0 Å². The fraction of sp³-hybridized carbons (Fsp3) is 0.526. The van der Waals surface area contributed by atoms with Gasteiger partial charge in [-0.3, -0.25) is 4.90 Å². The molecule has 2 aliphatic heterocycles. The van der Waals surface area contributed by atoms with Crippen LogP contribution >= 0.6 is 0 Å². The fourth-order valence-corrected chi connectivity index (χ4v) is 3.25. The third-order valence-corrected chi connectivity index (χ3v) is 4.56. The molecule has 1 fully saturated rings. The Hall–Kier alpha value is -2.01. The Morgan fingerprint density at radius 2 is 2.25 bits per heavy atom. The Morgan fingerprint density at radius 1 is 1.42 bits per heavy atom. The molecule has 1 unspecified atom stereocenters. The lowest BCUT2D eigenvalue weighted by Crippen LogP contribution is -2.43. The molecule has 1 aromatic heterocycles. The Kier molecular flexibility index (Phi) is 5.75. The quantitative estimate of drug-likeness (QED) is 0.494. The van der Waals surface area contributed by atoms with E-state index in [9.17, 15) is 0 Å². The van der Waals surface area contributed by atoms with Crippen LogP contribution in [0.4, 0.5) is 0 Å². The number of guanidine groups is 1. The second kappa shape index (κ2) is 8.20. The van der Waals surface area contributed by atoms with Crippen molar-refractivity contribution in [3.05, 3.63) is 48.5 Å². The topological polar surface area (TPSA) is 44.0 Å². The highest BCUT2D eigenvalue weighted by Crippen LogP contribution is 2.18. The first-order valence-electron chi connectivity index (χ1n) is 8.81. The lowest BCUT2D eigenvalue weighted by Gasteiger charge is -2.25. The van der Waals surface area contributed by atoms with Crippen molar-refractivity contribution >= 4 is 5.96 Å². The van der Waals surface area contributed by atoms with Gasteiger partial charge in [-0.25, -0.2) is 4.99 Å². The number of furan rings is 1. The van der Waals surface area contributed by atoms with Gasteiger partial charge in [0.15, 0.2) is 5.96 Å². The number of hydrogen-bond acceptors (Lipinski definition) is 3. The maximum Gasteiger partial charge on any atom is 0.194 e. The number of hydrogen-bond donors (Lipinski definition) is 1. The second-order valence-electron chi connectivity index (χ2n) is 6.67. The molecule has 1 saturated heterocycles. The molecule has 5 nitrogen and oxygen atoms in total. The minimum Gasteiger partial charge on any atom is -0.469 e. The minimum absolute atomic E-state index is 0.627. The minimum atomic E-state index is 0.627. The summed E-state index contributed by atoms with van der Waals surface area (Å²) in [4.78, 5) is 9.68. The van der Waals surface area contributed by atoms with E-state index in [-0.39, 0.29) is 0 Å². The van der Waals surface area contributed by atoms with E-state index in [1.807, 2.05) is 19.1 Å². The molecule has 1 atom stereocenters. The van der Waals surface area contributed by atoms with E-state index in [1.165, 1.54) is 6.42 Å². The third kappa shape index (κ3) is 4.51. The van der Waals surface area contributed by atoms with Gasteiger partial charge in [0.05, 0.1) is 12.8 Å². The maximum absolute atomic E-state index is 5.40. The summed E-state index contributed by atoms with van der Waals surface area (Å²) in [7, 11) is 0. The predicted molar refractivity (Wildman–Crippen MR) is 98.2 cm³/mol. The van der Waals surface area contributed by atoms with Gasteiger partial charge in [-0.05, 0) is 25.5 Å². The molecule has 0 saturated carbocycles. The van der Waals surface area contributed by atoms with Gasteiger partial charge in [-0.1, -0.05) is 24.3 Å². The molecule has 0 amide bonds. The van der Waals surface area contributed by atoms with Gasteiger partial charge in [-0.15, -0.1) is 0 Å². The van der Waals surface area contributed by atoms with Gasteiger partial charge in [0.2, 0.25) is 0 Å². The molecular weight excluding hydrogens is 300 g/mol. The van der Waals surface area contributed by atoms with E-state index in [0.29, 0.717) is 12.6 Å². The number of nitrogens with one attached hydrogen (secondary N) is 1. The van der Waals surface area contributed by atoms with Gasteiger partial charge in [0.25, 0.3) is 0 Å². The van der Waals surface area contributed by atoms with Crippen LogP contribution in [0.15, 0.2) is 52.1 Å². The second-order valence-corrected chi connectivity index (χ2v) is 6.67. The van der Waals surface area contributed by atoms with E-state index < -0.39 is 0 Å². The molecule has 0 aromatic carbocycles. The highest BCUT2D eigenvalue weighted by atomic mass is 16.3. The molecule has 24 heavy (non-hydrogen) atoms. The van der Waals surface area contributed by atoms with Crippen LogP contribution in [-0.4, -0.2) is 61.1 Å². The van der Waals surface area contributed by atoms with Crippen molar-refractivity contribution in [1.82, 2.24) is 15.1 Å². The summed E-state index contributed by atoms with van der Waals surface area (Å²) in [6.45, 7) is 11.8. The van der Waals surface area contributed by atoms with Crippen LogP contribution < -0.4 is 5.32 Å². The van der Waals surface area contributed by atoms with E-state index in [2.05, 4.69) is 33.8 Å². The van der Waals surface area contributed by atoms with Crippen molar-refractivity contribution in [2.24, 2.45) is 4.99 Å². The predicted octanol–water partition coefficient (Wildman–Crippen LogP) is 2.29. The molecule has 3 heterocycles. The molecule has 0 radical (unpaired) electrons. The average Bonchev–Trinajstić information content (AvgIpc) is 3.32. The van der Waals surface area contributed by atoms with Gasteiger partial charge in [0.1, 0.15) is 5.76 Å². The van der Waals surface area contributed by atoms with Crippen LogP contribution in [0.1, 0.15) is 19.1 Å². The summed E-state index contributed by atoms with van der Waals surface area (Å²) >= 11 is 0. The summed E-state index contributed by atoms with van der Waals surface area (Å²) in [5.74, 6) is 2.00. The molecule has 0 bridgehead atoms. The Labute approximate surface area is 144 Å². The van der Waals surface area contributed by atoms with Gasteiger partial charge >= 0.3 is 0 Å². The standard InChI is InChI=1S/C19H28N4O/c1-16(2)14-21-19(20-9-7-18-6-5-13-24-18)23-12-8-17(15-23)22-10-3-4-11-22/h3-6,13,17H,1,7-12,14-15H2,2H3,(H,20,21). The molecule has 130 valence electrons. The average molecular weight is 328 g/mol. The van der Waals surface area contributed by atoms with E-state index in [4.69, 9.17) is 9.41 Å². The first kappa shape index (κ1) is 16.8. The highest BCUT2D eigenvalue weighted by Gasteiger charge is 2.29. The van der Waals surface area contributed by atoms with Gasteiger partial charge in [0, 0.05) is 45.2 Å². The van der Waals surface area contributed by atoms with Crippen molar-refractivity contribution in [3.8, 4) is 0 Å². The van der Waals surface area contributed by atoms with Crippen LogP contribution in [0, 0.1) is 0 Å². The third-order valence-electron chi connectivity index (χ3n) is 4.56. The van der Waals surface area contributed by atoms with Crippen molar-refractivity contribution in [3.63, 3.8) is 0 Å². The van der Waals surface area contributed by atoms with Crippen molar-refractivity contribution in [2.75, 3.05) is 39.3 Å². The van der Waals surface area contributed by atoms with Crippen LogP contribution in [-0.2, 0) is 6.42 Å². The van der Waals surface area contributed by atoms with E-state index >= 15 is 0 Å². The Balaban J connectivity index is 1.55. The van der Waals surface area contributed by atoms with E-state index in [1.54, 1.807) is 6.26 Å². The summed E-state index contributed by atoms with van der Waals surface area (Å²) in [5, 5.41) is 3.51. The zero-order valence-electron chi connectivity index (χ0n) is 14.6. The number of likely N-dealkylation sites (tertiary alicyclic amines) is 1. The van der Waals surface area contributed by atoms with Crippen molar-refractivity contribution < 1.29 is 4.42 Å². The molecule has 1 N–H and O–H groups in total. The first-order valence-corrected chi connectivity index (χ1v) is 8.81. The van der Waals surface area contributed by atoms with Crippen molar-refractivity contribution in [2.45, 2.75) is 25.8 Å². The van der Waals surface area contributed by atoms with Crippen LogP contribution in [0.3, 0.4) is 0 Å². The van der Waals surface area contributed by atoms with Crippen molar-refractivity contribution in [1.29, 1.82) is 0 Å². The zero-order valence-corrected chi connectivity index (χ0v) is 14.6. The lowest BCUT2D eigenvalue weighted by molar-refractivity contribution is 0.259. The lowest BCUT2D eigenvalue weighted by atomic mass is 10.2. The molecule has 0 aliphatic carbocycles. The highest BCUT2D eigenvalue weighted by molar-refractivity contribution is 5.80. The summed E-state index contributed by atoms with van der Waals surface area (Å²) < 4.78 is 5.40. The van der Waals surface area contributed by atoms with Crippen LogP contribution in [0.5, 0.6) is 0 Å². The molecule has 2 aliphatic rings. The number of nitrogens with zero attached hydrogens (tertiary/aromatic N) is 3. The monoisotopic (exact) mass is 328 g/mol. The molecule has 1 aromatic rings.